The van der Waals surface area contributed by atoms with Crippen LogP contribution in [-0.4, -0.2) is 21.4 Å². The Morgan fingerprint density at radius 2 is 1.70 bits per heavy atom. The first-order valence-electron chi connectivity index (χ1n) is 9.93. The van der Waals surface area contributed by atoms with Gasteiger partial charge in [0.2, 0.25) is 11.8 Å². The molecular weight excluding hydrogens is 394 g/mol. The molecule has 0 fully saturated rings. The molecule has 0 saturated carbocycles. The number of fused-ring (bicyclic) bond motifs is 1. The third-order valence-electron chi connectivity index (χ3n) is 4.99. The highest BCUT2D eigenvalue weighted by atomic mass is 32.2. The third kappa shape index (κ3) is 4.71. The molecular formula is C24H23N3O2S. The van der Waals surface area contributed by atoms with Gasteiger partial charge in [-0.2, -0.15) is 0 Å². The van der Waals surface area contributed by atoms with Crippen LogP contribution in [-0.2, 0) is 11.2 Å². The van der Waals surface area contributed by atoms with Crippen molar-refractivity contribution in [3.8, 4) is 0 Å². The molecule has 0 radical (unpaired) electrons. The van der Waals surface area contributed by atoms with E-state index in [-0.39, 0.29) is 17.1 Å². The number of rotatable bonds is 7. The fraction of sp³-hybridized carbons (Fsp3) is 0.208. The fourth-order valence-electron chi connectivity index (χ4n) is 3.30. The van der Waals surface area contributed by atoms with Crippen LogP contribution in [0.4, 0.5) is 5.69 Å². The van der Waals surface area contributed by atoms with Crippen molar-refractivity contribution in [2.24, 2.45) is 0 Å². The van der Waals surface area contributed by atoms with Crippen LogP contribution in [0, 0.1) is 0 Å². The predicted molar refractivity (Wildman–Crippen MR) is 121 cm³/mol. The zero-order chi connectivity index (χ0) is 20.9. The smallest absolute Gasteiger partial charge is 0.277 e. The second kappa shape index (κ2) is 9.13. The quantitative estimate of drug-likeness (QED) is 0.391. The molecule has 0 saturated heterocycles. The number of carbonyl (C=O) groups is 1. The van der Waals surface area contributed by atoms with Gasteiger partial charge in [-0.05, 0) is 29.9 Å². The highest BCUT2D eigenvalue weighted by Gasteiger charge is 2.20. The minimum absolute atomic E-state index is 0.103. The zero-order valence-corrected chi connectivity index (χ0v) is 17.7. The molecule has 2 atom stereocenters. The maximum Gasteiger partial charge on any atom is 0.277 e. The van der Waals surface area contributed by atoms with E-state index < -0.39 is 0 Å². The summed E-state index contributed by atoms with van der Waals surface area (Å²) in [5.41, 5.74) is 2.03. The van der Waals surface area contributed by atoms with E-state index in [9.17, 15) is 4.79 Å². The lowest BCUT2D eigenvalue weighted by molar-refractivity contribution is -0.115. The number of amides is 1. The molecule has 5 nitrogen and oxygen atoms in total. The maximum absolute atomic E-state index is 12.7. The number of nitrogens with one attached hydrogen (secondary N) is 1. The van der Waals surface area contributed by atoms with Gasteiger partial charge in [0.25, 0.3) is 5.22 Å². The van der Waals surface area contributed by atoms with Crippen molar-refractivity contribution in [2.75, 3.05) is 5.32 Å². The first-order valence-corrected chi connectivity index (χ1v) is 10.8. The van der Waals surface area contributed by atoms with E-state index in [1.54, 1.807) is 0 Å². The average molecular weight is 418 g/mol. The van der Waals surface area contributed by atoms with Gasteiger partial charge in [0.05, 0.1) is 5.25 Å². The van der Waals surface area contributed by atoms with Crippen LogP contribution in [0.5, 0.6) is 0 Å². The van der Waals surface area contributed by atoms with Crippen LogP contribution in [0.15, 0.2) is 82.4 Å². The largest absolute Gasteiger partial charge is 0.416 e. The highest BCUT2D eigenvalue weighted by molar-refractivity contribution is 8.00. The Hall–Kier alpha value is -3.12. The molecule has 0 spiro atoms. The number of thioether (sulfide) groups is 1. The molecule has 1 amide bonds. The maximum atomic E-state index is 12.7. The van der Waals surface area contributed by atoms with Crippen LogP contribution in [0.1, 0.15) is 31.2 Å². The summed E-state index contributed by atoms with van der Waals surface area (Å²) in [6.07, 6.45) is 0.661. The summed E-state index contributed by atoms with van der Waals surface area (Å²) < 4.78 is 5.78. The number of aromatic nitrogens is 2. The number of hydrogen-bond donors (Lipinski definition) is 1. The van der Waals surface area contributed by atoms with Crippen molar-refractivity contribution < 1.29 is 9.21 Å². The zero-order valence-electron chi connectivity index (χ0n) is 16.9. The normalized spacial score (nSPS) is 13.1. The molecule has 2 unspecified atom stereocenters. The van der Waals surface area contributed by atoms with Gasteiger partial charge in [0.15, 0.2) is 0 Å². The van der Waals surface area contributed by atoms with Crippen molar-refractivity contribution in [3.05, 3.63) is 84.3 Å². The molecule has 30 heavy (non-hydrogen) atoms. The predicted octanol–water partition coefficient (Wildman–Crippen LogP) is 5.69. The molecule has 0 aliphatic carbocycles. The molecule has 1 heterocycles. The number of nitrogens with zero attached hydrogens (tertiary/aromatic N) is 2. The van der Waals surface area contributed by atoms with Gasteiger partial charge in [-0.3, -0.25) is 4.79 Å². The summed E-state index contributed by atoms with van der Waals surface area (Å²) in [6, 6.07) is 24.1. The highest BCUT2D eigenvalue weighted by Crippen LogP contribution is 2.27. The Balaban J connectivity index is 1.38. The van der Waals surface area contributed by atoms with Gasteiger partial charge in [0.1, 0.15) is 0 Å². The lowest BCUT2D eigenvalue weighted by Crippen LogP contribution is -2.22. The molecule has 4 rings (SSSR count). The topological polar surface area (TPSA) is 68.0 Å². The molecule has 1 N–H and O–H groups in total. The molecule has 0 aliphatic rings. The first kappa shape index (κ1) is 20.2. The number of hydrogen-bond acceptors (Lipinski definition) is 5. The van der Waals surface area contributed by atoms with Gasteiger partial charge >= 0.3 is 0 Å². The van der Waals surface area contributed by atoms with Crippen molar-refractivity contribution in [1.82, 2.24) is 10.2 Å². The molecule has 3 aromatic carbocycles. The van der Waals surface area contributed by atoms with Gasteiger partial charge in [-0.1, -0.05) is 85.4 Å². The fourth-order valence-corrected chi connectivity index (χ4v) is 4.00. The standard InChI is InChI=1S/C24H23N3O2S/c1-16(18-9-4-3-5-10-18)15-22-26-27-24(29-22)30-17(2)23(28)25-21-14-8-12-19-11-6-7-13-20(19)21/h3-14,16-17H,15H2,1-2H3,(H,25,28). The van der Waals surface area contributed by atoms with Crippen LogP contribution in [0.3, 0.4) is 0 Å². The summed E-state index contributed by atoms with van der Waals surface area (Å²) >= 11 is 1.27. The summed E-state index contributed by atoms with van der Waals surface area (Å²) in [6.45, 7) is 3.97. The molecule has 4 aromatic rings. The van der Waals surface area contributed by atoms with Crippen LogP contribution >= 0.6 is 11.8 Å². The second-order valence-electron chi connectivity index (χ2n) is 7.25. The van der Waals surface area contributed by atoms with Crippen molar-refractivity contribution in [2.45, 2.75) is 36.7 Å². The summed E-state index contributed by atoms with van der Waals surface area (Å²) in [5, 5.41) is 13.4. The first-order chi connectivity index (χ1) is 14.6. The van der Waals surface area contributed by atoms with E-state index in [1.165, 1.54) is 17.3 Å². The monoisotopic (exact) mass is 417 g/mol. The van der Waals surface area contributed by atoms with Crippen molar-refractivity contribution in [1.29, 1.82) is 0 Å². The summed E-state index contributed by atoms with van der Waals surface area (Å²) in [7, 11) is 0. The second-order valence-corrected chi connectivity index (χ2v) is 8.55. The lowest BCUT2D eigenvalue weighted by Gasteiger charge is -2.12. The molecule has 0 aliphatic heterocycles. The van der Waals surface area contributed by atoms with Gasteiger partial charge in [-0.25, -0.2) is 0 Å². The van der Waals surface area contributed by atoms with Gasteiger partial charge in [-0.15, -0.1) is 10.2 Å². The van der Waals surface area contributed by atoms with Gasteiger partial charge < -0.3 is 9.73 Å². The minimum Gasteiger partial charge on any atom is -0.416 e. The van der Waals surface area contributed by atoms with Crippen molar-refractivity contribution in [3.63, 3.8) is 0 Å². The summed E-state index contributed by atoms with van der Waals surface area (Å²) in [5.74, 6) is 0.751. The molecule has 0 bridgehead atoms. The SMILES string of the molecule is CC(Sc1nnc(CC(C)c2ccccc2)o1)C(=O)Nc1cccc2ccccc12. The minimum atomic E-state index is -0.371. The van der Waals surface area contributed by atoms with E-state index in [4.69, 9.17) is 4.42 Å². The van der Waals surface area contributed by atoms with Crippen LogP contribution in [0.2, 0.25) is 0 Å². The Kier molecular flexibility index (Phi) is 6.14. The Morgan fingerprint density at radius 1 is 0.967 bits per heavy atom. The van der Waals surface area contributed by atoms with E-state index in [1.807, 2.05) is 67.6 Å². The van der Waals surface area contributed by atoms with Crippen LogP contribution < -0.4 is 5.32 Å². The van der Waals surface area contributed by atoms with E-state index >= 15 is 0 Å². The van der Waals surface area contributed by atoms with E-state index in [0.29, 0.717) is 17.5 Å². The van der Waals surface area contributed by atoms with Crippen LogP contribution in [0.25, 0.3) is 10.8 Å². The van der Waals surface area contributed by atoms with E-state index in [0.717, 1.165) is 16.5 Å². The Morgan fingerprint density at radius 3 is 2.53 bits per heavy atom. The number of carbonyl (C=O) groups excluding carboxylic acids is 1. The Labute approximate surface area is 179 Å². The van der Waals surface area contributed by atoms with E-state index in [2.05, 4.69) is 34.6 Å². The number of benzene rings is 3. The number of anilines is 1. The lowest BCUT2D eigenvalue weighted by atomic mass is 9.98. The molecule has 6 heteroatoms. The Bertz CT molecular complexity index is 1140. The molecule has 1 aromatic heterocycles. The third-order valence-corrected chi connectivity index (χ3v) is 5.93. The average Bonchev–Trinajstić information content (AvgIpc) is 3.21. The van der Waals surface area contributed by atoms with Gasteiger partial charge in [0, 0.05) is 17.5 Å². The summed E-state index contributed by atoms with van der Waals surface area (Å²) in [4.78, 5) is 12.7. The van der Waals surface area contributed by atoms with Crippen molar-refractivity contribution >= 4 is 34.1 Å². The molecule has 152 valence electrons.